The number of hydrogen-bond donors (Lipinski definition) is 1. The molecule has 0 fully saturated rings. The van der Waals surface area contributed by atoms with Gasteiger partial charge in [-0.3, -0.25) is 14.9 Å². The van der Waals surface area contributed by atoms with Gasteiger partial charge in [0, 0.05) is 12.1 Å². The molecule has 0 aliphatic carbocycles. The van der Waals surface area contributed by atoms with Crippen LogP contribution in [-0.4, -0.2) is 38.9 Å². The van der Waals surface area contributed by atoms with Crippen LogP contribution >= 0.6 is 0 Å². The molecule has 0 spiro atoms. The van der Waals surface area contributed by atoms with Crippen molar-refractivity contribution in [1.29, 1.82) is 0 Å². The molecule has 0 heterocycles. The van der Waals surface area contributed by atoms with Crippen molar-refractivity contribution >= 4 is 23.7 Å². The smallest absolute Gasteiger partial charge is 0.416 e. The lowest BCUT2D eigenvalue weighted by Gasteiger charge is -2.13. The lowest BCUT2D eigenvalue weighted by atomic mass is 9.97. The maximum absolute atomic E-state index is 12.6. The van der Waals surface area contributed by atoms with Crippen LogP contribution in [0.5, 0.6) is 0 Å². The molecule has 1 N–H and O–H groups in total. The van der Waals surface area contributed by atoms with E-state index >= 15 is 0 Å². The van der Waals surface area contributed by atoms with Crippen molar-refractivity contribution in [3.05, 3.63) is 65.2 Å². The van der Waals surface area contributed by atoms with Gasteiger partial charge in [-0.05, 0) is 41.8 Å². The summed E-state index contributed by atoms with van der Waals surface area (Å²) in [7, 11) is 2.36. The number of halogens is 3. The van der Waals surface area contributed by atoms with Crippen molar-refractivity contribution in [2.75, 3.05) is 26.1 Å². The van der Waals surface area contributed by atoms with Crippen LogP contribution in [0.4, 0.5) is 23.7 Å². The van der Waals surface area contributed by atoms with E-state index < -0.39 is 35.7 Å². The maximum atomic E-state index is 12.6. The van der Waals surface area contributed by atoms with Gasteiger partial charge < -0.3 is 14.2 Å². The predicted octanol–water partition coefficient (Wildman–Crippen LogP) is 4.00. The second kappa shape index (κ2) is 11.2. The third-order valence-electron chi connectivity index (χ3n) is 4.49. The van der Waals surface area contributed by atoms with Crippen molar-refractivity contribution in [1.82, 2.24) is 0 Å². The number of rotatable bonds is 8. The first-order valence-corrected chi connectivity index (χ1v) is 9.48. The molecule has 0 aliphatic rings. The number of carbonyl (C=O) groups is 3. The highest BCUT2D eigenvalue weighted by atomic mass is 19.4. The third kappa shape index (κ3) is 7.29. The number of hydrogen-bond acceptors (Lipinski definition) is 6. The Morgan fingerprint density at radius 2 is 1.53 bits per heavy atom. The highest BCUT2D eigenvalue weighted by Crippen LogP contribution is 2.29. The van der Waals surface area contributed by atoms with Crippen molar-refractivity contribution in [2.24, 2.45) is 5.92 Å². The van der Waals surface area contributed by atoms with E-state index in [1.165, 1.54) is 14.2 Å². The van der Waals surface area contributed by atoms with Crippen LogP contribution < -0.4 is 5.32 Å². The van der Waals surface area contributed by atoms with Gasteiger partial charge in [0.05, 0.1) is 26.4 Å². The number of esters is 2. The molecule has 10 heteroatoms. The van der Waals surface area contributed by atoms with Gasteiger partial charge in [-0.25, -0.2) is 4.79 Å². The fourth-order valence-corrected chi connectivity index (χ4v) is 2.85. The van der Waals surface area contributed by atoms with Gasteiger partial charge in [0.2, 0.25) is 0 Å². The quantitative estimate of drug-likeness (QED) is 0.369. The van der Waals surface area contributed by atoms with Crippen molar-refractivity contribution < 1.29 is 41.8 Å². The summed E-state index contributed by atoms with van der Waals surface area (Å²) in [6.45, 7) is 0.00729. The van der Waals surface area contributed by atoms with E-state index in [1.54, 1.807) is 24.3 Å². The van der Waals surface area contributed by atoms with E-state index in [0.29, 0.717) is 12.0 Å². The summed E-state index contributed by atoms with van der Waals surface area (Å²) in [5.41, 5.74) is 0.829. The van der Waals surface area contributed by atoms with E-state index in [-0.39, 0.29) is 18.7 Å². The molecule has 0 saturated heterocycles. The van der Waals surface area contributed by atoms with E-state index in [0.717, 1.165) is 29.8 Å². The lowest BCUT2D eigenvalue weighted by Crippen LogP contribution is -2.28. The normalized spacial score (nSPS) is 11.1. The molecule has 2 aromatic carbocycles. The maximum Gasteiger partial charge on any atom is 0.416 e. The molecule has 0 atom stereocenters. The van der Waals surface area contributed by atoms with Gasteiger partial charge in [-0.15, -0.1) is 0 Å². The highest BCUT2D eigenvalue weighted by Gasteiger charge is 2.30. The molecular weight excluding hydrogens is 431 g/mol. The summed E-state index contributed by atoms with van der Waals surface area (Å²) in [6.07, 6.45) is -4.84. The van der Waals surface area contributed by atoms with Crippen LogP contribution in [0.1, 0.15) is 16.7 Å². The molecule has 2 rings (SSSR count). The Morgan fingerprint density at radius 1 is 0.938 bits per heavy atom. The topological polar surface area (TPSA) is 90.9 Å². The summed E-state index contributed by atoms with van der Waals surface area (Å²) >= 11 is 0. The number of ether oxygens (including phenoxy) is 3. The molecule has 32 heavy (non-hydrogen) atoms. The number of methoxy groups -OCH3 is 2. The number of alkyl halides is 3. The molecule has 0 saturated carbocycles. The van der Waals surface area contributed by atoms with Gasteiger partial charge in [-0.1, -0.05) is 24.3 Å². The fraction of sp³-hybridized carbons (Fsp3) is 0.318. The molecule has 0 unspecified atom stereocenters. The average molecular weight is 453 g/mol. The lowest BCUT2D eigenvalue weighted by molar-refractivity contribution is -0.158. The van der Waals surface area contributed by atoms with Gasteiger partial charge in [-0.2, -0.15) is 13.2 Å². The number of nitrogens with one attached hydrogen (secondary N) is 1. The van der Waals surface area contributed by atoms with E-state index in [9.17, 15) is 27.6 Å². The molecule has 172 valence electrons. The summed E-state index contributed by atoms with van der Waals surface area (Å²) in [6, 6.07) is 11.0. The predicted molar refractivity (Wildman–Crippen MR) is 108 cm³/mol. The Labute approximate surface area is 182 Å². The van der Waals surface area contributed by atoms with Crippen LogP contribution in [0.2, 0.25) is 0 Å². The van der Waals surface area contributed by atoms with Crippen molar-refractivity contribution in [3.63, 3.8) is 0 Å². The van der Waals surface area contributed by atoms with Gasteiger partial charge in [0.25, 0.3) is 0 Å². The van der Waals surface area contributed by atoms with Gasteiger partial charge in [0.15, 0.2) is 5.92 Å². The first-order chi connectivity index (χ1) is 15.1. The Bertz CT molecular complexity index is 927. The first kappa shape index (κ1) is 24.7. The number of anilines is 1. The van der Waals surface area contributed by atoms with Gasteiger partial charge in [0.1, 0.15) is 0 Å². The molecular formula is C22H22F3NO6. The molecule has 0 aromatic heterocycles. The van der Waals surface area contributed by atoms with Crippen molar-refractivity contribution in [3.8, 4) is 0 Å². The summed E-state index contributed by atoms with van der Waals surface area (Å²) in [5, 5.41) is 2.35. The van der Waals surface area contributed by atoms with Gasteiger partial charge >= 0.3 is 24.2 Å². The number of amides is 1. The molecule has 7 nitrogen and oxygen atoms in total. The summed E-state index contributed by atoms with van der Waals surface area (Å²) in [4.78, 5) is 35.5. The van der Waals surface area contributed by atoms with Crippen LogP contribution in [0.25, 0.3) is 0 Å². The minimum Gasteiger partial charge on any atom is -0.468 e. The Morgan fingerprint density at radius 3 is 2.09 bits per heavy atom. The van der Waals surface area contributed by atoms with Crippen LogP contribution in [0.3, 0.4) is 0 Å². The Balaban J connectivity index is 1.88. The third-order valence-corrected chi connectivity index (χ3v) is 4.49. The zero-order valence-electron chi connectivity index (χ0n) is 17.4. The fourth-order valence-electron chi connectivity index (χ4n) is 2.85. The second-order valence-corrected chi connectivity index (χ2v) is 6.71. The summed E-state index contributed by atoms with van der Waals surface area (Å²) < 4.78 is 52.0. The highest BCUT2D eigenvalue weighted by molar-refractivity contribution is 5.95. The van der Waals surface area contributed by atoms with Crippen LogP contribution in [0.15, 0.2) is 48.5 Å². The van der Waals surface area contributed by atoms with E-state index in [4.69, 9.17) is 4.74 Å². The van der Waals surface area contributed by atoms with Crippen molar-refractivity contribution in [2.45, 2.75) is 19.0 Å². The van der Waals surface area contributed by atoms with Crippen LogP contribution in [-0.2, 0) is 42.8 Å². The summed E-state index contributed by atoms with van der Waals surface area (Å²) in [5.74, 6) is -2.50. The number of carbonyl (C=O) groups excluding carboxylic acids is 3. The monoisotopic (exact) mass is 453 g/mol. The molecule has 0 aliphatic heterocycles. The minimum atomic E-state index is -4.46. The Kier molecular flexibility index (Phi) is 8.62. The SMILES string of the molecule is COC(=O)C(Cc1cccc(CCOC(=O)Nc2ccc(C(F)(F)F)cc2)c1)C(=O)OC. The molecule has 0 radical (unpaired) electrons. The second-order valence-electron chi connectivity index (χ2n) is 6.71. The first-order valence-electron chi connectivity index (χ1n) is 9.48. The largest absolute Gasteiger partial charge is 0.468 e. The average Bonchev–Trinajstić information content (AvgIpc) is 2.76. The molecule has 0 bridgehead atoms. The molecule has 1 amide bonds. The van der Waals surface area contributed by atoms with E-state index in [2.05, 4.69) is 14.8 Å². The standard InChI is InChI=1S/C22H22F3NO6/c1-30-19(27)18(20(28)31-2)13-15-5-3-4-14(12-15)10-11-32-21(29)26-17-8-6-16(7-9-17)22(23,24)25/h3-9,12,18H,10-11,13H2,1-2H3,(H,26,29). The van der Waals surface area contributed by atoms with Crippen LogP contribution in [0, 0.1) is 5.92 Å². The zero-order valence-corrected chi connectivity index (χ0v) is 17.4. The zero-order chi connectivity index (χ0) is 23.7. The Hall–Kier alpha value is -3.56. The minimum absolute atomic E-state index is 0.00729. The van der Waals surface area contributed by atoms with E-state index in [1.807, 2.05) is 0 Å². The molecule has 2 aromatic rings. The number of benzene rings is 2.